The second-order valence-corrected chi connectivity index (χ2v) is 11.5. The van der Waals surface area contributed by atoms with E-state index in [1.807, 2.05) is 62.4 Å². The normalized spacial score (nSPS) is 14.0. The van der Waals surface area contributed by atoms with Gasteiger partial charge in [0.15, 0.2) is 0 Å². The van der Waals surface area contributed by atoms with Crippen molar-refractivity contribution >= 4 is 51.5 Å². The predicted octanol–water partition coefficient (Wildman–Crippen LogP) is 1.82. The maximum absolute atomic E-state index is 13.9. The van der Waals surface area contributed by atoms with Gasteiger partial charge in [0.25, 0.3) is 0 Å². The molecule has 3 amide bonds. The molecular weight excluding hydrogens is 580 g/mol. The van der Waals surface area contributed by atoms with Crippen LogP contribution in [0.15, 0.2) is 60.9 Å². The smallest absolute Gasteiger partial charge is 0.326 e. The van der Waals surface area contributed by atoms with E-state index >= 15 is 0 Å². The molecule has 4 atom stereocenters. The molecule has 2 heterocycles. The fraction of sp³-hybridized carbons (Fsp3) is 0.344. The van der Waals surface area contributed by atoms with Gasteiger partial charge in [0, 0.05) is 47.0 Å². The minimum Gasteiger partial charge on any atom is -0.481 e. The molecule has 0 aliphatic carbocycles. The second kappa shape index (κ2) is 14.5. The van der Waals surface area contributed by atoms with Gasteiger partial charge in [-0.1, -0.05) is 50.2 Å². The average Bonchev–Trinajstić information content (AvgIpc) is 3.59. The van der Waals surface area contributed by atoms with Crippen LogP contribution in [-0.2, 0) is 36.8 Å². The highest BCUT2D eigenvalue weighted by atomic mass is 16.4. The van der Waals surface area contributed by atoms with Crippen LogP contribution in [0.25, 0.3) is 21.8 Å². The number of aromatic amines is 2. The first kappa shape index (κ1) is 32.7. The average molecular weight is 619 g/mol. The molecule has 0 spiro atoms. The van der Waals surface area contributed by atoms with Crippen LogP contribution in [0.4, 0.5) is 0 Å². The van der Waals surface area contributed by atoms with E-state index in [9.17, 15) is 29.1 Å². The molecule has 0 radical (unpaired) electrons. The second-order valence-electron chi connectivity index (χ2n) is 11.5. The maximum atomic E-state index is 13.9. The quantitative estimate of drug-likeness (QED) is 0.0980. The zero-order chi connectivity index (χ0) is 32.7. The van der Waals surface area contributed by atoms with Crippen molar-refractivity contribution < 1.29 is 34.2 Å². The molecule has 0 saturated carbocycles. The van der Waals surface area contributed by atoms with Gasteiger partial charge >= 0.3 is 11.9 Å². The number of carbonyl (C=O) groups is 5. The number of H-pyrrole nitrogens is 2. The van der Waals surface area contributed by atoms with Crippen molar-refractivity contribution in [1.29, 1.82) is 0 Å². The van der Waals surface area contributed by atoms with E-state index in [1.165, 1.54) is 0 Å². The highest BCUT2D eigenvalue weighted by Crippen LogP contribution is 2.21. The molecule has 4 rings (SSSR count). The van der Waals surface area contributed by atoms with Gasteiger partial charge in [-0.05, 0) is 35.6 Å². The third-order valence-corrected chi connectivity index (χ3v) is 7.52. The van der Waals surface area contributed by atoms with Crippen molar-refractivity contribution in [2.75, 3.05) is 0 Å². The molecule has 2 aromatic carbocycles. The molecule has 0 saturated heterocycles. The number of carbonyl (C=O) groups excluding carboxylic acids is 3. The summed E-state index contributed by atoms with van der Waals surface area (Å²) in [6.07, 6.45) is 2.96. The van der Waals surface area contributed by atoms with E-state index in [-0.39, 0.29) is 18.8 Å². The van der Waals surface area contributed by atoms with Gasteiger partial charge in [-0.25, -0.2) is 4.79 Å². The third kappa shape index (κ3) is 8.48. The van der Waals surface area contributed by atoms with Crippen molar-refractivity contribution in [2.24, 2.45) is 11.7 Å². The minimum absolute atomic E-state index is 0.0540. The molecular formula is C32H38N6O7. The summed E-state index contributed by atoms with van der Waals surface area (Å²) in [4.78, 5) is 69.8. The number of rotatable bonds is 15. The highest BCUT2D eigenvalue weighted by Gasteiger charge is 2.32. The molecule has 0 aliphatic heterocycles. The number of amides is 3. The minimum atomic E-state index is -1.73. The number of fused-ring (bicyclic) bond motifs is 2. The summed E-state index contributed by atoms with van der Waals surface area (Å²) >= 11 is 0. The largest absolute Gasteiger partial charge is 0.481 e. The van der Waals surface area contributed by atoms with Gasteiger partial charge in [0.1, 0.15) is 18.1 Å². The number of nitrogens with two attached hydrogens (primary N) is 1. The standard InChI is InChI=1S/C32H38N6O7/c1-17(2)11-22(33)29(41)36-25(12-18-15-34-23-9-5-3-7-20(18)23)30(42)37-26(31(43)38-27(32(44)45)14-28(39)40)13-19-16-35-24-10-6-4-8-21(19)24/h3-10,15-17,22,25-27,34-35H,11-14,33H2,1-2H3,(H,36,41)(H,37,42)(H,38,43)(H,39,40)(H,44,45). The van der Waals surface area contributed by atoms with Crippen molar-refractivity contribution in [3.05, 3.63) is 72.1 Å². The maximum Gasteiger partial charge on any atom is 0.326 e. The summed E-state index contributed by atoms with van der Waals surface area (Å²) in [5.41, 5.74) is 9.15. The van der Waals surface area contributed by atoms with Gasteiger partial charge in [-0.15, -0.1) is 0 Å². The van der Waals surface area contributed by atoms with Crippen LogP contribution in [0.3, 0.4) is 0 Å². The first-order chi connectivity index (χ1) is 21.4. The Balaban J connectivity index is 1.64. The molecule has 45 heavy (non-hydrogen) atoms. The summed E-state index contributed by atoms with van der Waals surface area (Å²) in [5.74, 6) is -4.95. The number of carboxylic acid groups (broad SMARTS) is 2. The lowest BCUT2D eigenvalue weighted by Gasteiger charge is -2.25. The van der Waals surface area contributed by atoms with Crippen molar-refractivity contribution in [3.63, 3.8) is 0 Å². The third-order valence-electron chi connectivity index (χ3n) is 7.52. The molecule has 13 heteroatoms. The molecule has 4 unspecified atom stereocenters. The van der Waals surface area contributed by atoms with Crippen LogP contribution < -0.4 is 21.7 Å². The van der Waals surface area contributed by atoms with E-state index in [0.717, 1.165) is 27.4 Å². The van der Waals surface area contributed by atoms with Gasteiger partial charge in [-0.3, -0.25) is 19.2 Å². The van der Waals surface area contributed by atoms with E-state index in [2.05, 4.69) is 25.9 Å². The van der Waals surface area contributed by atoms with Crippen LogP contribution in [-0.4, -0.2) is 74.0 Å². The van der Waals surface area contributed by atoms with Crippen LogP contribution in [0.5, 0.6) is 0 Å². The van der Waals surface area contributed by atoms with E-state index in [0.29, 0.717) is 12.0 Å². The number of aromatic nitrogens is 2. The molecule has 2 aromatic heterocycles. The van der Waals surface area contributed by atoms with Crippen molar-refractivity contribution in [1.82, 2.24) is 25.9 Å². The first-order valence-electron chi connectivity index (χ1n) is 14.6. The van der Waals surface area contributed by atoms with Gasteiger partial charge in [0.2, 0.25) is 17.7 Å². The molecule has 9 N–H and O–H groups in total. The molecule has 238 valence electrons. The van der Waals surface area contributed by atoms with Gasteiger partial charge in [0.05, 0.1) is 12.5 Å². The number of hydrogen-bond donors (Lipinski definition) is 8. The Morgan fingerprint density at radius 1 is 0.711 bits per heavy atom. The fourth-order valence-corrected chi connectivity index (χ4v) is 5.27. The molecule has 0 aliphatic rings. The van der Waals surface area contributed by atoms with Gasteiger partial charge < -0.3 is 41.9 Å². The van der Waals surface area contributed by atoms with Crippen LogP contribution in [0.2, 0.25) is 0 Å². The number of benzene rings is 2. The van der Waals surface area contributed by atoms with Crippen LogP contribution in [0, 0.1) is 5.92 Å². The zero-order valence-corrected chi connectivity index (χ0v) is 25.0. The monoisotopic (exact) mass is 618 g/mol. The highest BCUT2D eigenvalue weighted by molar-refractivity contribution is 5.96. The summed E-state index contributed by atoms with van der Waals surface area (Å²) in [5, 5.41) is 28.0. The van der Waals surface area contributed by atoms with Crippen LogP contribution >= 0.6 is 0 Å². The first-order valence-corrected chi connectivity index (χ1v) is 14.6. The summed E-state index contributed by atoms with van der Waals surface area (Å²) in [6.45, 7) is 3.85. The summed E-state index contributed by atoms with van der Waals surface area (Å²) < 4.78 is 0. The zero-order valence-electron chi connectivity index (χ0n) is 25.0. The van der Waals surface area contributed by atoms with Crippen LogP contribution in [0.1, 0.15) is 37.8 Å². The Labute approximate surface area is 258 Å². The molecule has 13 nitrogen and oxygen atoms in total. The number of carboxylic acids is 2. The lowest BCUT2D eigenvalue weighted by Crippen LogP contribution is -2.58. The lowest BCUT2D eigenvalue weighted by atomic mass is 10.00. The molecule has 4 aromatic rings. The number of para-hydroxylation sites is 2. The fourth-order valence-electron chi connectivity index (χ4n) is 5.27. The topological polar surface area (TPSA) is 219 Å². The van der Waals surface area contributed by atoms with Crippen molar-refractivity contribution in [3.8, 4) is 0 Å². The summed E-state index contributed by atoms with van der Waals surface area (Å²) in [6, 6.07) is 9.72. The Hall–Kier alpha value is -5.17. The SMILES string of the molecule is CC(C)CC(N)C(=O)NC(Cc1c[nH]c2ccccc12)C(=O)NC(Cc1c[nH]c2ccccc12)C(=O)NC(CC(=O)O)C(=O)O. The van der Waals surface area contributed by atoms with Crippen molar-refractivity contribution in [2.45, 2.75) is 63.7 Å². The number of nitrogens with one attached hydrogen (secondary N) is 5. The van der Waals surface area contributed by atoms with E-state index in [1.54, 1.807) is 12.4 Å². The van der Waals surface area contributed by atoms with E-state index < -0.39 is 60.2 Å². The predicted molar refractivity (Wildman–Crippen MR) is 167 cm³/mol. The molecule has 0 bridgehead atoms. The number of hydrogen-bond acceptors (Lipinski definition) is 6. The lowest BCUT2D eigenvalue weighted by molar-refractivity contribution is -0.147. The van der Waals surface area contributed by atoms with Gasteiger partial charge in [-0.2, -0.15) is 0 Å². The Kier molecular flexibility index (Phi) is 10.6. The summed E-state index contributed by atoms with van der Waals surface area (Å²) in [7, 11) is 0. The Morgan fingerprint density at radius 2 is 1.16 bits per heavy atom. The Bertz CT molecular complexity index is 1690. The van der Waals surface area contributed by atoms with E-state index in [4.69, 9.17) is 10.8 Å². The number of aliphatic carboxylic acids is 2. The Morgan fingerprint density at radius 3 is 1.60 bits per heavy atom. The molecule has 0 fully saturated rings.